The highest BCUT2D eigenvalue weighted by Gasteiger charge is 2.25. The third-order valence-corrected chi connectivity index (χ3v) is 2.88. The lowest BCUT2D eigenvalue weighted by Gasteiger charge is -2.36. The molecule has 14 heavy (non-hydrogen) atoms. The van der Waals surface area contributed by atoms with E-state index in [0.717, 1.165) is 13.1 Å². The SMILES string of the molecule is CC(C)(C)CNCC1(C)CCCCN1. The molecule has 1 heterocycles. The van der Waals surface area contributed by atoms with Crippen LogP contribution in [0.5, 0.6) is 0 Å². The molecule has 84 valence electrons. The summed E-state index contributed by atoms with van der Waals surface area (Å²) >= 11 is 0. The van der Waals surface area contributed by atoms with Gasteiger partial charge in [-0.15, -0.1) is 0 Å². The first-order chi connectivity index (χ1) is 6.41. The summed E-state index contributed by atoms with van der Waals surface area (Å²) in [6.07, 6.45) is 4.03. The Hall–Kier alpha value is -0.0800. The van der Waals surface area contributed by atoms with Gasteiger partial charge in [0.05, 0.1) is 0 Å². The van der Waals surface area contributed by atoms with Crippen LogP contribution in [0.2, 0.25) is 0 Å². The molecule has 0 radical (unpaired) electrons. The predicted octanol–water partition coefficient (Wildman–Crippen LogP) is 2.15. The van der Waals surface area contributed by atoms with Crippen LogP contribution in [-0.4, -0.2) is 25.2 Å². The molecule has 0 aromatic rings. The molecule has 1 aliphatic heterocycles. The van der Waals surface area contributed by atoms with E-state index in [9.17, 15) is 0 Å². The number of hydrogen-bond acceptors (Lipinski definition) is 2. The Labute approximate surface area is 88.8 Å². The molecule has 1 atom stereocenters. The fraction of sp³-hybridized carbons (Fsp3) is 1.00. The molecule has 2 heteroatoms. The fourth-order valence-corrected chi connectivity index (χ4v) is 1.98. The van der Waals surface area contributed by atoms with Crippen molar-refractivity contribution < 1.29 is 0 Å². The molecular formula is C12H26N2. The van der Waals surface area contributed by atoms with Gasteiger partial charge in [-0.2, -0.15) is 0 Å². The smallest absolute Gasteiger partial charge is 0.0277 e. The maximum atomic E-state index is 3.62. The van der Waals surface area contributed by atoms with Gasteiger partial charge in [-0.1, -0.05) is 27.2 Å². The lowest BCUT2D eigenvalue weighted by molar-refractivity contribution is 0.253. The van der Waals surface area contributed by atoms with Gasteiger partial charge in [0.2, 0.25) is 0 Å². The van der Waals surface area contributed by atoms with E-state index in [4.69, 9.17) is 0 Å². The van der Waals surface area contributed by atoms with Crippen LogP contribution in [-0.2, 0) is 0 Å². The first kappa shape index (κ1) is 12.0. The second kappa shape index (κ2) is 4.63. The number of hydrogen-bond donors (Lipinski definition) is 2. The maximum absolute atomic E-state index is 3.62. The predicted molar refractivity (Wildman–Crippen MR) is 62.6 cm³/mol. The number of nitrogens with one attached hydrogen (secondary N) is 2. The summed E-state index contributed by atoms with van der Waals surface area (Å²) < 4.78 is 0. The van der Waals surface area contributed by atoms with Crippen molar-refractivity contribution in [1.82, 2.24) is 10.6 Å². The maximum Gasteiger partial charge on any atom is 0.0277 e. The standard InChI is InChI=1S/C12H26N2/c1-11(2,3)9-13-10-12(4)7-5-6-8-14-12/h13-14H,5-10H2,1-4H3. The van der Waals surface area contributed by atoms with Crippen molar-refractivity contribution in [2.45, 2.75) is 52.5 Å². The molecule has 1 unspecified atom stereocenters. The average Bonchev–Trinajstić information content (AvgIpc) is 2.02. The van der Waals surface area contributed by atoms with Crippen LogP contribution in [0.15, 0.2) is 0 Å². The first-order valence-electron chi connectivity index (χ1n) is 5.87. The Morgan fingerprint density at radius 3 is 2.50 bits per heavy atom. The largest absolute Gasteiger partial charge is 0.314 e. The Kier molecular flexibility index (Phi) is 3.96. The minimum Gasteiger partial charge on any atom is -0.314 e. The molecule has 1 rings (SSSR count). The van der Waals surface area contributed by atoms with Gasteiger partial charge < -0.3 is 10.6 Å². The molecule has 0 aromatic carbocycles. The molecule has 0 saturated carbocycles. The average molecular weight is 198 g/mol. The van der Waals surface area contributed by atoms with Crippen molar-refractivity contribution >= 4 is 0 Å². The molecule has 1 aliphatic rings. The van der Waals surface area contributed by atoms with Gasteiger partial charge in [-0.25, -0.2) is 0 Å². The topological polar surface area (TPSA) is 24.1 Å². The van der Waals surface area contributed by atoms with Crippen molar-refractivity contribution in [2.75, 3.05) is 19.6 Å². The molecule has 0 aromatic heterocycles. The summed E-state index contributed by atoms with van der Waals surface area (Å²) in [5.41, 5.74) is 0.731. The zero-order valence-electron chi connectivity index (χ0n) is 10.2. The van der Waals surface area contributed by atoms with Crippen molar-refractivity contribution in [3.05, 3.63) is 0 Å². The van der Waals surface area contributed by atoms with Crippen LogP contribution in [0.4, 0.5) is 0 Å². The van der Waals surface area contributed by atoms with Gasteiger partial charge in [0.25, 0.3) is 0 Å². The van der Waals surface area contributed by atoms with Crippen LogP contribution >= 0.6 is 0 Å². The summed E-state index contributed by atoms with van der Waals surface area (Å²) in [6, 6.07) is 0. The molecule has 2 nitrogen and oxygen atoms in total. The third kappa shape index (κ3) is 4.43. The van der Waals surface area contributed by atoms with E-state index >= 15 is 0 Å². The van der Waals surface area contributed by atoms with Crippen molar-refractivity contribution in [2.24, 2.45) is 5.41 Å². The van der Waals surface area contributed by atoms with E-state index in [2.05, 4.69) is 38.3 Å². The third-order valence-electron chi connectivity index (χ3n) is 2.88. The lowest BCUT2D eigenvalue weighted by Crippen LogP contribution is -2.53. The Morgan fingerprint density at radius 1 is 1.29 bits per heavy atom. The Morgan fingerprint density at radius 2 is 2.00 bits per heavy atom. The fourth-order valence-electron chi connectivity index (χ4n) is 1.98. The summed E-state index contributed by atoms with van der Waals surface area (Å²) in [6.45, 7) is 12.5. The van der Waals surface area contributed by atoms with Gasteiger partial charge in [-0.05, 0) is 31.7 Å². The van der Waals surface area contributed by atoms with E-state index in [1.165, 1.54) is 25.8 Å². The van der Waals surface area contributed by atoms with Gasteiger partial charge in [0.1, 0.15) is 0 Å². The second-order valence-electron chi connectivity index (χ2n) is 6.11. The Bertz CT molecular complexity index is 164. The van der Waals surface area contributed by atoms with Crippen LogP contribution in [0.25, 0.3) is 0 Å². The van der Waals surface area contributed by atoms with E-state index in [1.807, 2.05) is 0 Å². The van der Waals surface area contributed by atoms with Crippen LogP contribution in [0, 0.1) is 5.41 Å². The zero-order valence-corrected chi connectivity index (χ0v) is 10.2. The molecule has 1 saturated heterocycles. The van der Waals surface area contributed by atoms with E-state index in [0.29, 0.717) is 11.0 Å². The highest BCUT2D eigenvalue weighted by atomic mass is 15.0. The van der Waals surface area contributed by atoms with Gasteiger partial charge in [0, 0.05) is 18.6 Å². The van der Waals surface area contributed by atoms with Crippen LogP contribution < -0.4 is 10.6 Å². The summed E-state index contributed by atoms with van der Waals surface area (Å²) in [7, 11) is 0. The summed E-state index contributed by atoms with van der Waals surface area (Å²) in [5, 5.41) is 7.19. The van der Waals surface area contributed by atoms with Gasteiger partial charge in [-0.3, -0.25) is 0 Å². The van der Waals surface area contributed by atoms with E-state index in [1.54, 1.807) is 0 Å². The normalized spacial score (nSPS) is 29.1. The molecular weight excluding hydrogens is 172 g/mol. The highest BCUT2D eigenvalue weighted by molar-refractivity contribution is 4.88. The lowest BCUT2D eigenvalue weighted by atomic mass is 9.90. The summed E-state index contributed by atoms with van der Waals surface area (Å²) in [5.74, 6) is 0. The Balaban J connectivity index is 2.22. The van der Waals surface area contributed by atoms with Crippen molar-refractivity contribution in [3.63, 3.8) is 0 Å². The van der Waals surface area contributed by atoms with Gasteiger partial charge in [0.15, 0.2) is 0 Å². The number of piperidine rings is 1. The monoisotopic (exact) mass is 198 g/mol. The van der Waals surface area contributed by atoms with Crippen molar-refractivity contribution in [1.29, 1.82) is 0 Å². The van der Waals surface area contributed by atoms with Crippen molar-refractivity contribution in [3.8, 4) is 0 Å². The van der Waals surface area contributed by atoms with E-state index in [-0.39, 0.29) is 0 Å². The quantitative estimate of drug-likeness (QED) is 0.726. The highest BCUT2D eigenvalue weighted by Crippen LogP contribution is 2.18. The van der Waals surface area contributed by atoms with Crippen LogP contribution in [0.3, 0.4) is 0 Å². The molecule has 0 amide bonds. The number of rotatable bonds is 3. The molecule has 2 N–H and O–H groups in total. The van der Waals surface area contributed by atoms with Gasteiger partial charge >= 0.3 is 0 Å². The molecule has 0 bridgehead atoms. The van der Waals surface area contributed by atoms with Crippen LogP contribution in [0.1, 0.15) is 47.0 Å². The molecule has 0 aliphatic carbocycles. The minimum atomic E-state index is 0.337. The summed E-state index contributed by atoms with van der Waals surface area (Å²) in [4.78, 5) is 0. The second-order valence-corrected chi connectivity index (χ2v) is 6.11. The first-order valence-corrected chi connectivity index (χ1v) is 5.87. The minimum absolute atomic E-state index is 0.337. The zero-order chi connectivity index (χ0) is 10.7. The molecule has 0 spiro atoms. The molecule has 1 fully saturated rings. The van der Waals surface area contributed by atoms with E-state index < -0.39 is 0 Å².